The summed E-state index contributed by atoms with van der Waals surface area (Å²) in [5.74, 6) is 0.433. The Labute approximate surface area is 108 Å². The summed E-state index contributed by atoms with van der Waals surface area (Å²) in [7, 11) is 1.50. The number of thiocarbonyl (C=S) groups is 1. The average molecular weight is 278 g/mol. The van der Waals surface area contributed by atoms with Gasteiger partial charge >= 0.3 is 0 Å². The second-order valence-electron chi connectivity index (χ2n) is 2.75. The number of hydrazone groups is 1. The van der Waals surface area contributed by atoms with E-state index in [4.69, 9.17) is 33.7 Å². The van der Waals surface area contributed by atoms with Gasteiger partial charge in [0, 0.05) is 0 Å². The Morgan fingerprint density at radius 3 is 2.50 bits per heavy atom. The van der Waals surface area contributed by atoms with Crippen LogP contribution in [0.4, 0.5) is 0 Å². The number of ether oxygens (including phenoxy) is 1. The third-order valence-electron chi connectivity index (χ3n) is 1.61. The Morgan fingerprint density at radius 1 is 1.50 bits per heavy atom. The highest BCUT2D eigenvalue weighted by molar-refractivity contribution is 7.80. The molecule has 0 aliphatic rings. The molecule has 0 fully saturated rings. The minimum absolute atomic E-state index is 0.0851. The van der Waals surface area contributed by atoms with E-state index in [1.807, 2.05) is 0 Å². The Hall–Kier alpha value is -1.04. The first-order valence-corrected chi connectivity index (χ1v) is 5.32. The van der Waals surface area contributed by atoms with Crippen LogP contribution >= 0.6 is 35.4 Å². The summed E-state index contributed by atoms with van der Waals surface area (Å²) < 4.78 is 5.01. The molecule has 0 unspecified atom stereocenters. The van der Waals surface area contributed by atoms with Crippen molar-refractivity contribution in [3.63, 3.8) is 0 Å². The van der Waals surface area contributed by atoms with Crippen molar-refractivity contribution in [1.29, 1.82) is 0 Å². The van der Waals surface area contributed by atoms with Crippen molar-refractivity contribution in [2.75, 3.05) is 7.11 Å². The van der Waals surface area contributed by atoms with E-state index in [-0.39, 0.29) is 5.11 Å². The largest absolute Gasteiger partial charge is 0.494 e. The zero-order valence-corrected chi connectivity index (χ0v) is 10.7. The molecule has 1 aromatic rings. The molecule has 0 saturated heterocycles. The second-order valence-corrected chi connectivity index (χ2v) is 4.01. The summed E-state index contributed by atoms with van der Waals surface area (Å²) in [5, 5.41) is 4.68. The molecule has 0 saturated carbocycles. The molecule has 0 aliphatic heterocycles. The lowest BCUT2D eigenvalue weighted by Gasteiger charge is -2.06. The molecule has 0 amide bonds. The number of benzene rings is 1. The van der Waals surface area contributed by atoms with Crippen molar-refractivity contribution < 1.29 is 4.74 Å². The maximum absolute atomic E-state index is 5.93. The van der Waals surface area contributed by atoms with Crippen molar-refractivity contribution in [1.82, 2.24) is 5.43 Å². The summed E-state index contributed by atoms with van der Waals surface area (Å²) >= 11 is 16.5. The highest BCUT2D eigenvalue weighted by atomic mass is 35.5. The van der Waals surface area contributed by atoms with E-state index >= 15 is 0 Å². The normalized spacial score (nSPS) is 10.4. The molecule has 0 aromatic heterocycles. The molecular weight excluding hydrogens is 269 g/mol. The van der Waals surface area contributed by atoms with Crippen molar-refractivity contribution in [2.24, 2.45) is 10.8 Å². The van der Waals surface area contributed by atoms with E-state index in [0.717, 1.165) is 0 Å². The van der Waals surface area contributed by atoms with Gasteiger partial charge in [0.2, 0.25) is 0 Å². The Kier molecular flexibility index (Phi) is 4.79. The fraction of sp³-hybridized carbons (Fsp3) is 0.111. The van der Waals surface area contributed by atoms with E-state index in [1.165, 1.54) is 13.3 Å². The van der Waals surface area contributed by atoms with Gasteiger partial charge in [-0.3, -0.25) is 5.43 Å². The van der Waals surface area contributed by atoms with Gasteiger partial charge in [0.05, 0.1) is 23.4 Å². The molecule has 1 rings (SSSR count). The van der Waals surface area contributed by atoms with Crippen LogP contribution in [0.5, 0.6) is 5.75 Å². The molecule has 0 bridgehead atoms. The molecule has 16 heavy (non-hydrogen) atoms. The summed E-state index contributed by atoms with van der Waals surface area (Å²) in [5.41, 5.74) is 8.33. The van der Waals surface area contributed by atoms with Gasteiger partial charge in [0.15, 0.2) is 10.9 Å². The highest BCUT2D eigenvalue weighted by Gasteiger charge is 2.07. The SMILES string of the molecule is COc1c(Cl)cc(C=NNC(N)=S)cc1Cl. The van der Waals surface area contributed by atoms with Crippen LogP contribution in [-0.4, -0.2) is 18.4 Å². The van der Waals surface area contributed by atoms with Crippen molar-refractivity contribution in [3.05, 3.63) is 27.7 Å². The quantitative estimate of drug-likeness (QED) is 0.505. The van der Waals surface area contributed by atoms with Crippen LogP contribution in [-0.2, 0) is 0 Å². The number of rotatable bonds is 3. The van der Waals surface area contributed by atoms with E-state index in [2.05, 4.69) is 22.7 Å². The summed E-state index contributed by atoms with van der Waals surface area (Å²) in [4.78, 5) is 0. The molecule has 3 N–H and O–H groups in total. The summed E-state index contributed by atoms with van der Waals surface area (Å²) in [6, 6.07) is 3.33. The molecule has 7 heteroatoms. The minimum Gasteiger partial charge on any atom is -0.494 e. The predicted molar refractivity (Wildman–Crippen MR) is 70.5 cm³/mol. The van der Waals surface area contributed by atoms with Crippen LogP contribution in [0.2, 0.25) is 10.0 Å². The maximum Gasteiger partial charge on any atom is 0.184 e. The van der Waals surface area contributed by atoms with Crippen LogP contribution < -0.4 is 15.9 Å². The van der Waals surface area contributed by atoms with Gasteiger partial charge in [-0.1, -0.05) is 23.2 Å². The van der Waals surface area contributed by atoms with Crippen LogP contribution in [0.25, 0.3) is 0 Å². The number of hydrogen-bond donors (Lipinski definition) is 2. The molecule has 0 radical (unpaired) electrons. The molecule has 0 spiro atoms. The van der Waals surface area contributed by atoms with Crippen LogP contribution in [0.15, 0.2) is 17.2 Å². The molecular formula is C9H9Cl2N3OS. The van der Waals surface area contributed by atoms with Gasteiger partial charge in [0.1, 0.15) is 0 Å². The number of nitrogens with one attached hydrogen (secondary N) is 1. The number of methoxy groups -OCH3 is 1. The Balaban J connectivity index is 2.91. The van der Waals surface area contributed by atoms with E-state index in [9.17, 15) is 0 Å². The first-order valence-electron chi connectivity index (χ1n) is 4.16. The predicted octanol–water partition coefficient (Wildman–Crippen LogP) is 2.17. The molecule has 1 aromatic carbocycles. The smallest absolute Gasteiger partial charge is 0.184 e. The van der Waals surface area contributed by atoms with Crippen molar-refractivity contribution >= 4 is 46.7 Å². The first-order chi connectivity index (χ1) is 7.54. The number of nitrogens with zero attached hydrogens (tertiary/aromatic N) is 1. The molecule has 0 heterocycles. The fourth-order valence-corrected chi connectivity index (χ4v) is 1.73. The number of nitrogens with two attached hydrogens (primary N) is 1. The number of hydrogen-bond acceptors (Lipinski definition) is 3. The standard InChI is InChI=1S/C9H9Cl2N3OS/c1-15-8-6(10)2-5(3-7(8)11)4-13-14-9(12)16/h2-4H,1H3,(H3,12,14,16). The molecule has 4 nitrogen and oxygen atoms in total. The van der Waals surface area contributed by atoms with Crippen molar-refractivity contribution in [3.8, 4) is 5.75 Å². The molecule has 0 atom stereocenters. The highest BCUT2D eigenvalue weighted by Crippen LogP contribution is 2.33. The summed E-state index contributed by atoms with van der Waals surface area (Å²) in [6.07, 6.45) is 1.50. The first kappa shape index (κ1) is 13.0. The third kappa shape index (κ3) is 3.52. The lowest BCUT2D eigenvalue weighted by molar-refractivity contribution is 0.415. The van der Waals surface area contributed by atoms with Crippen LogP contribution in [0.1, 0.15) is 5.56 Å². The minimum atomic E-state index is 0.0851. The van der Waals surface area contributed by atoms with Gasteiger partial charge in [-0.2, -0.15) is 5.10 Å². The van der Waals surface area contributed by atoms with Gasteiger partial charge in [-0.05, 0) is 29.9 Å². The zero-order valence-electron chi connectivity index (χ0n) is 8.33. The number of halogens is 2. The second kappa shape index (κ2) is 5.89. The Morgan fingerprint density at radius 2 is 2.06 bits per heavy atom. The lowest BCUT2D eigenvalue weighted by atomic mass is 10.2. The monoisotopic (exact) mass is 277 g/mol. The maximum atomic E-state index is 5.93. The molecule has 0 aliphatic carbocycles. The zero-order chi connectivity index (χ0) is 12.1. The Bertz CT molecular complexity index is 414. The van der Waals surface area contributed by atoms with Gasteiger partial charge < -0.3 is 10.5 Å². The lowest BCUT2D eigenvalue weighted by Crippen LogP contribution is -2.23. The van der Waals surface area contributed by atoms with E-state index in [0.29, 0.717) is 21.4 Å². The molecule has 86 valence electrons. The van der Waals surface area contributed by atoms with Gasteiger partial charge in [0.25, 0.3) is 0 Å². The van der Waals surface area contributed by atoms with Gasteiger partial charge in [-0.25, -0.2) is 0 Å². The van der Waals surface area contributed by atoms with Crippen molar-refractivity contribution in [2.45, 2.75) is 0 Å². The summed E-state index contributed by atoms with van der Waals surface area (Å²) in [6.45, 7) is 0. The topological polar surface area (TPSA) is 59.6 Å². The fourth-order valence-electron chi connectivity index (χ4n) is 1.02. The van der Waals surface area contributed by atoms with Crippen LogP contribution in [0, 0.1) is 0 Å². The van der Waals surface area contributed by atoms with Gasteiger partial charge in [-0.15, -0.1) is 0 Å². The third-order valence-corrected chi connectivity index (χ3v) is 2.27. The van der Waals surface area contributed by atoms with Crippen LogP contribution in [0.3, 0.4) is 0 Å². The van der Waals surface area contributed by atoms with E-state index in [1.54, 1.807) is 12.1 Å². The van der Waals surface area contributed by atoms with E-state index < -0.39 is 0 Å². The average Bonchev–Trinajstić information content (AvgIpc) is 2.16.